The summed E-state index contributed by atoms with van der Waals surface area (Å²) in [5.74, 6) is -0.725. The molecule has 26 heavy (non-hydrogen) atoms. The van der Waals surface area contributed by atoms with E-state index in [4.69, 9.17) is 0 Å². The minimum atomic E-state index is -0.514. The lowest BCUT2D eigenvalue weighted by molar-refractivity contribution is -0.122. The Morgan fingerprint density at radius 1 is 1.27 bits per heavy atom. The van der Waals surface area contributed by atoms with Crippen molar-refractivity contribution < 1.29 is 14.0 Å². The predicted octanol–water partition coefficient (Wildman–Crippen LogP) is 4.10. The van der Waals surface area contributed by atoms with Crippen LogP contribution in [0.2, 0.25) is 0 Å². The highest BCUT2D eigenvalue weighted by atomic mass is 32.2. The summed E-state index contributed by atoms with van der Waals surface area (Å²) in [6.45, 7) is 3.87. The van der Waals surface area contributed by atoms with E-state index in [-0.39, 0.29) is 30.5 Å². The van der Waals surface area contributed by atoms with Gasteiger partial charge in [-0.3, -0.25) is 9.59 Å². The Morgan fingerprint density at radius 2 is 2.00 bits per heavy atom. The van der Waals surface area contributed by atoms with Crippen molar-refractivity contribution in [3.63, 3.8) is 0 Å². The largest absolute Gasteiger partial charge is 0.325 e. The topological polar surface area (TPSA) is 49.4 Å². The molecule has 2 aromatic rings. The van der Waals surface area contributed by atoms with Crippen molar-refractivity contribution in [2.45, 2.75) is 11.3 Å². The molecule has 6 heteroatoms. The van der Waals surface area contributed by atoms with Gasteiger partial charge < -0.3 is 10.2 Å². The van der Waals surface area contributed by atoms with Gasteiger partial charge in [-0.05, 0) is 24.3 Å². The molecule has 0 aliphatic carbocycles. The molecule has 1 N–H and O–H groups in total. The van der Waals surface area contributed by atoms with Gasteiger partial charge in [0.2, 0.25) is 11.8 Å². The lowest BCUT2D eigenvalue weighted by Gasteiger charge is -2.17. The number of para-hydroxylation sites is 2. The summed E-state index contributed by atoms with van der Waals surface area (Å²) >= 11 is 1.57. The molecule has 4 nitrogen and oxygen atoms in total. The number of carbonyl (C=O) groups excluding carboxylic acids is 2. The molecule has 2 aromatic carbocycles. The Hall–Kier alpha value is -2.60. The molecule has 134 valence electrons. The van der Waals surface area contributed by atoms with Gasteiger partial charge in [0.15, 0.2) is 0 Å². The predicted molar refractivity (Wildman–Crippen MR) is 103 cm³/mol. The fourth-order valence-corrected chi connectivity index (χ4v) is 3.61. The lowest BCUT2D eigenvalue weighted by Crippen LogP contribution is -2.28. The molecule has 2 amide bonds. The summed E-state index contributed by atoms with van der Waals surface area (Å²) in [6, 6.07) is 13.6. The van der Waals surface area contributed by atoms with Crippen LogP contribution in [0.1, 0.15) is 6.42 Å². The monoisotopic (exact) mass is 370 g/mol. The van der Waals surface area contributed by atoms with E-state index in [1.165, 1.54) is 11.0 Å². The number of hydrogen-bond donors (Lipinski definition) is 1. The fraction of sp³-hybridized carbons (Fsp3) is 0.200. The van der Waals surface area contributed by atoms with Crippen molar-refractivity contribution in [2.75, 3.05) is 22.5 Å². The first-order chi connectivity index (χ1) is 12.6. The van der Waals surface area contributed by atoms with Crippen LogP contribution in [0.5, 0.6) is 0 Å². The number of thioether (sulfide) groups is 1. The van der Waals surface area contributed by atoms with Gasteiger partial charge in [0.25, 0.3) is 0 Å². The van der Waals surface area contributed by atoms with Gasteiger partial charge in [-0.15, -0.1) is 18.3 Å². The lowest BCUT2D eigenvalue weighted by atomic mass is 10.1. The van der Waals surface area contributed by atoms with E-state index < -0.39 is 11.7 Å². The summed E-state index contributed by atoms with van der Waals surface area (Å²) < 4.78 is 14.0. The van der Waals surface area contributed by atoms with E-state index in [0.29, 0.717) is 5.69 Å². The Labute approximate surface area is 156 Å². The molecule has 3 rings (SSSR count). The number of amides is 2. The van der Waals surface area contributed by atoms with Crippen LogP contribution >= 0.6 is 11.8 Å². The summed E-state index contributed by atoms with van der Waals surface area (Å²) in [6.07, 6.45) is 1.87. The van der Waals surface area contributed by atoms with Gasteiger partial charge in [-0.2, -0.15) is 0 Å². The van der Waals surface area contributed by atoms with E-state index >= 15 is 0 Å². The van der Waals surface area contributed by atoms with Crippen LogP contribution in [-0.2, 0) is 9.59 Å². The number of hydrogen-bond acceptors (Lipinski definition) is 3. The Morgan fingerprint density at radius 3 is 2.77 bits per heavy atom. The molecule has 1 aliphatic heterocycles. The highest BCUT2D eigenvalue weighted by molar-refractivity contribution is 7.99. The Kier molecular flexibility index (Phi) is 5.73. The molecule has 1 aliphatic rings. The summed E-state index contributed by atoms with van der Waals surface area (Å²) in [7, 11) is 0. The third-order valence-electron chi connectivity index (χ3n) is 4.14. The zero-order valence-corrected chi connectivity index (χ0v) is 15.0. The molecule has 0 saturated carbocycles. The maximum Gasteiger partial charge on any atom is 0.229 e. The number of nitrogens with zero attached hydrogens (tertiary/aromatic N) is 1. The zero-order chi connectivity index (χ0) is 18.5. The maximum absolute atomic E-state index is 14.0. The molecule has 1 atom stereocenters. The normalized spacial score (nSPS) is 16.6. The minimum absolute atomic E-state index is 0.0716. The molecule has 0 radical (unpaired) electrons. The highest BCUT2D eigenvalue weighted by Gasteiger charge is 2.36. The average molecular weight is 370 g/mol. The van der Waals surface area contributed by atoms with Crippen LogP contribution in [0, 0.1) is 11.7 Å². The van der Waals surface area contributed by atoms with Gasteiger partial charge in [0.05, 0.1) is 17.3 Å². The molecule has 0 bridgehead atoms. The summed E-state index contributed by atoms with van der Waals surface area (Å²) in [5, 5.41) is 2.90. The second kappa shape index (κ2) is 8.19. The summed E-state index contributed by atoms with van der Waals surface area (Å²) in [5.41, 5.74) is 0.927. The van der Waals surface area contributed by atoms with Crippen molar-refractivity contribution in [2.24, 2.45) is 5.92 Å². The van der Waals surface area contributed by atoms with E-state index in [1.54, 1.807) is 36.0 Å². The van der Waals surface area contributed by atoms with Crippen LogP contribution in [-0.4, -0.2) is 24.1 Å². The molecule has 1 heterocycles. The number of nitrogens with one attached hydrogen (secondary N) is 1. The minimum Gasteiger partial charge on any atom is -0.325 e. The van der Waals surface area contributed by atoms with Crippen molar-refractivity contribution in [1.29, 1.82) is 0 Å². The van der Waals surface area contributed by atoms with Crippen LogP contribution in [0.3, 0.4) is 0 Å². The smallest absolute Gasteiger partial charge is 0.229 e. The zero-order valence-electron chi connectivity index (χ0n) is 14.2. The van der Waals surface area contributed by atoms with Crippen LogP contribution in [0.4, 0.5) is 15.8 Å². The molecule has 1 saturated heterocycles. The Balaban J connectivity index is 1.71. The van der Waals surface area contributed by atoms with E-state index in [9.17, 15) is 14.0 Å². The third-order valence-corrected chi connectivity index (χ3v) is 5.21. The number of carbonyl (C=O) groups is 2. The SMILES string of the molecule is C=CCSc1ccccc1NC(=O)[C@H]1CC(=O)N(c2ccccc2F)C1. The number of anilines is 2. The quantitative estimate of drug-likeness (QED) is 0.615. The molecule has 0 unspecified atom stereocenters. The molecule has 0 aromatic heterocycles. The van der Waals surface area contributed by atoms with E-state index in [0.717, 1.165) is 10.6 Å². The van der Waals surface area contributed by atoms with E-state index in [1.807, 2.05) is 24.3 Å². The second-order valence-electron chi connectivity index (χ2n) is 5.94. The van der Waals surface area contributed by atoms with Crippen molar-refractivity contribution in [3.05, 3.63) is 67.0 Å². The maximum atomic E-state index is 14.0. The van der Waals surface area contributed by atoms with Gasteiger partial charge in [-0.1, -0.05) is 30.3 Å². The first kappa shape index (κ1) is 18.2. The number of benzene rings is 2. The molecule has 1 fully saturated rings. The van der Waals surface area contributed by atoms with Gasteiger partial charge >= 0.3 is 0 Å². The average Bonchev–Trinajstić information content (AvgIpc) is 3.03. The van der Waals surface area contributed by atoms with Crippen molar-refractivity contribution >= 4 is 35.0 Å². The first-order valence-corrected chi connectivity index (χ1v) is 9.27. The van der Waals surface area contributed by atoms with Gasteiger partial charge in [-0.25, -0.2) is 4.39 Å². The first-order valence-electron chi connectivity index (χ1n) is 8.28. The third kappa shape index (κ3) is 3.96. The second-order valence-corrected chi connectivity index (χ2v) is 7.00. The van der Waals surface area contributed by atoms with Crippen LogP contribution in [0.25, 0.3) is 0 Å². The van der Waals surface area contributed by atoms with Crippen molar-refractivity contribution in [1.82, 2.24) is 0 Å². The Bertz CT molecular complexity index is 840. The molecule has 0 spiro atoms. The van der Waals surface area contributed by atoms with Gasteiger partial charge in [0.1, 0.15) is 5.82 Å². The number of rotatable bonds is 6. The van der Waals surface area contributed by atoms with Crippen LogP contribution in [0.15, 0.2) is 66.1 Å². The van der Waals surface area contributed by atoms with Crippen molar-refractivity contribution in [3.8, 4) is 0 Å². The highest BCUT2D eigenvalue weighted by Crippen LogP contribution is 2.30. The number of halogens is 1. The van der Waals surface area contributed by atoms with E-state index in [2.05, 4.69) is 11.9 Å². The fourth-order valence-electron chi connectivity index (χ4n) is 2.87. The molecular formula is C20H19FN2O2S. The molecular weight excluding hydrogens is 351 g/mol. The standard InChI is InChI=1S/C20H19FN2O2S/c1-2-11-26-18-10-6-4-8-16(18)22-20(25)14-12-19(24)23(13-14)17-9-5-3-7-15(17)21/h2-10,14H,1,11-13H2,(H,22,25)/t14-/m0/s1. The van der Waals surface area contributed by atoms with Crippen LogP contribution < -0.4 is 10.2 Å². The summed E-state index contributed by atoms with van der Waals surface area (Å²) in [4.78, 5) is 27.2. The van der Waals surface area contributed by atoms with Gasteiger partial charge in [0, 0.05) is 23.6 Å².